The van der Waals surface area contributed by atoms with Crippen LogP contribution in [-0.2, 0) is 11.3 Å². The molecule has 1 unspecified atom stereocenters. The Morgan fingerprint density at radius 2 is 2.11 bits per heavy atom. The number of aromatic nitrogens is 3. The molecule has 2 heterocycles. The van der Waals surface area contributed by atoms with Gasteiger partial charge in [0.15, 0.2) is 5.82 Å². The van der Waals surface area contributed by atoms with Crippen molar-refractivity contribution in [1.29, 1.82) is 0 Å². The standard InChI is InChI=1S/C13H22N4O2/c1-4-13(3,16-6-8-19-9-7-16)11(18)12-14-10-15-17(12)5-2/h10H,4-9H2,1-3H3. The minimum absolute atomic E-state index is 0.0521. The first-order valence-electron chi connectivity index (χ1n) is 6.89. The van der Waals surface area contributed by atoms with Gasteiger partial charge in [0.1, 0.15) is 6.33 Å². The van der Waals surface area contributed by atoms with Crippen molar-refractivity contribution < 1.29 is 9.53 Å². The molecule has 1 atom stereocenters. The van der Waals surface area contributed by atoms with Crippen LogP contribution in [0.4, 0.5) is 0 Å². The molecule has 0 aliphatic carbocycles. The highest BCUT2D eigenvalue weighted by Crippen LogP contribution is 2.24. The molecule has 1 aliphatic heterocycles. The number of hydrogen-bond donors (Lipinski definition) is 0. The third-order valence-electron chi connectivity index (χ3n) is 4.00. The Balaban J connectivity index is 2.27. The molecular weight excluding hydrogens is 244 g/mol. The molecule has 106 valence electrons. The van der Waals surface area contributed by atoms with Gasteiger partial charge in [-0.2, -0.15) is 5.10 Å². The summed E-state index contributed by atoms with van der Waals surface area (Å²) in [6, 6.07) is 0. The number of ketones is 1. The topological polar surface area (TPSA) is 60.2 Å². The predicted octanol–water partition coefficient (Wildman–Crippen LogP) is 0.982. The number of hydrogen-bond acceptors (Lipinski definition) is 5. The smallest absolute Gasteiger partial charge is 0.219 e. The second kappa shape index (κ2) is 5.79. The molecule has 2 rings (SSSR count). The minimum Gasteiger partial charge on any atom is -0.379 e. The third kappa shape index (κ3) is 2.55. The van der Waals surface area contributed by atoms with Crippen LogP contribution in [0.3, 0.4) is 0 Å². The summed E-state index contributed by atoms with van der Waals surface area (Å²) in [7, 11) is 0. The van der Waals surface area contributed by atoms with Crippen LogP contribution >= 0.6 is 0 Å². The van der Waals surface area contributed by atoms with Crippen molar-refractivity contribution >= 4 is 5.78 Å². The van der Waals surface area contributed by atoms with Crippen molar-refractivity contribution in [3.63, 3.8) is 0 Å². The van der Waals surface area contributed by atoms with Gasteiger partial charge in [0, 0.05) is 19.6 Å². The molecule has 0 saturated carbocycles. The number of aryl methyl sites for hydroxylation is 1. The number of rotatable bonds is 5. The second-order valence-electron chi connectivity index (χ2n) is 4.96. The molecule has 6 heteroatoms. The zero-order chi connectivity index (χ0) is 13.9. The quantitative estimate of drug-likeness (QED) is 0.744. The molecule has 0 radical (unpaired) electrons. The van der Waals surface area contributed by atoms with Crippen LogP contribution < -0.4 is 0 Å². The van der Waals surface area contributed by atoms with E-state index in [4.69, 9.17) is 4.74 Å². The van der Waals surface area contributed by atoms with Crippen LogP contribution in [0.5, 0.6) is 0 Å². The molecule has 0 bridgehead atoms. The van der Waals surface area contributed by atoms with E-state index in [-0.39, 0.29) is 5.78 Å². The molecule has 1 fully saturated rings. The maximum atomic E-state index is 12.8. The van der Waals surface area contributed by atoms with Gasteiger partial charge in [-0.3, -0.25) is 9.69 Å². The highest BCUT2D eigenvalue weighted by Gasteiger charge is 2.40. The van der Waals surface area contributed by atoms with Crippen molar-refractivity contribution in [2.45, 2.75) is 39.3 Å². The summed E-state index contributed by atoms with van der Waals surface area (Å²) < 4.78 is 7.03. The van der Waals surface area contributed by atoms with Crippen LogP contribution in [0, 0.1) is 0 Å². The molecule has 0 spiro atoms. The summed E-state index contributed by atoms with van der Waals surface area (Å²) in [5, 5.41) is 4.09. The number of ether oxygens (including phenoxy) is 1. The van der Waals surface area contributed by atoms with E-state index in [9.17, 15) is 4.79 Å². The summed E-state index contributed by atoms with van der Waals surface area (Å²) in [6.07, 6.45) is 2.20. The maximum Gasteiger partial charge on any atom is 0.219 e. The Labute approximate surface area is 113 Å². The molecule has 0 amide bonds. The van der Waals surface area contributed by atoms with Gasteiger partial charge in [0.25, 0.3) is 0 Å². The van der Waals surface area contributed by atoms with Gasteiger partial charge in [-0.25, -0.2) is 9.67 Å². The van der Waals surface area contributed by atoms with E-state index in [2.05, 4.69) is 15.0 Å². The molecule has 0 aromatic carbocycles. The van der Waals surface area contributed by atoms with Gasteiger partial charge >= 0.3 is 0 Å². The Bertz CT molecular complexity index is 440. The Morgan fingerprint density at radius 1 is 1.42 bits per heavy atom. The lowest BCUT2D eigenvalue weighted by atomic mass is 9.90. The van der Waals surface area contributed by atoms with E-state index >= 15 is 0 Å². The van der Waals surface area contributed by atoms with Crippen LogP contribution in [0.25, 0.3) is 0 Å². The Hall–Kier alpha value is -1.27. The average molecular weight is 266 g/mol. The zero-order valence-electron chi connectivity index (χ0n) is 11.9. The molecule has 1 aromatic heterocycles. The summed E-state index contributed by atoms with van der Waals surface area (Å²) >= 11 is 0. The minimum atomic E-state index is -0.524. The van der Waals surface area contributed by atoms with E-state index in [1.165, 1.54) is 6.33 Å². The van der Waals surface area contributed by atoms with Crippen molar-refractivity contribution in [2.24, 2.45) is 0 Å². The number of carbonyl (C=O) groups is 1. The molecule has 1 saturated heterocycles. The fourth-order valence-corrected chi connectivity index (χ4v) is 2.50. The molecule has 19 heavy (non-hydrogen) atoms. The lowest BCUT2D eigenvalue weighted by Crippen LogP contribution is -2.56. The van der Waals surface area contributed by atoms with Gasteiger partial charge < -0.3 is 4.74 Å². The van der Waals surface area contributed by atoms with Gasteiger partial charge in [0.2, 0.25) is 5.78 Å². The second-order valence-corrected chi connectivity index (χ2v) is 4.96. The number of nitrogens with zero attached hydrogens (tertiary/aromatic N) is 4. The SMILES string of the molecule is CCn1ncnc1C(=O)C(C)(CC)N1CCOCC1. The summed E-state index contributed by atoms with van der Waals surface area (Å²) in [5.74, 6) is 0.509. The van der Waals surface area contributed by atoms with E-state index in [0.717, 1.165) is 19.5 Å². The van der Waals surface area contributed by atoms with Crippen LogP contribution in [0.2, 0.25) is 0 Å². The molecule has 0 N–H and O–H groups in total. The average Bonchev–Trinajstić information content (AvgIpc) is 2.94. The number of morpholine rings is 1. The van der Waals surface area contributed by atoms with E-state index in [0.29, 0.717) is 25.6 Å². The van der Waals surface area contributed by atoms with Crippen LogP contribution in [0.15, 0.2) is 6.33 Å². The molecule has 1 aromatic rings. The fourth-order valence-electron chi connectivity index (χ4n) is 2.50. The lowest BCUT2D eigenvalue weighted by molar-refractivity contribution is -0.0112. The highest BCUT2D eigenvalue weighted by molar-refractivity contribution is 6.00. The summed E-state index contributed by atoms with van der Waals surface area (Å²) in [4.78, 5) is 19.2. The van der Waals surface area contributed by atoms with Crippen LogP contribution in [0.1, 0.15) is 37.8 Å². The maximum absolute atomic E-state index is 12.8. The normalized spacial score (nSPS) is 20.2. The third-order valence-corrected chi connectivity index (χ3v) is 4.00. The predicted molar refractivity (Wildman–Crippen MR) is 71.1 cm³/mol. The van der Waals surface area contributed by atoms with E-state index in [1.54, 1.807) is 4.68 Å². The van der Waals surface area contributed by atoms with Crippen molar-refractivity contribution in [2.75, 3.05) is 26.3 Å². The zero-order valence-corrected chi connectivity index (χ0v) is 11.9. The molecule has 1 aliphatic rings. The summed E-state index contributed by atoms with van der Waals surface area (Å²) in [5.41, 5.74) is -0.524. The van der Waals surface area contributed by atoms with Gasteiger partial charge in [-0.1, -0.05) is 6.92 Å². The molecular formula is C13H22N4O2. The van der Waals surface area contributed by atoms with E-state index < -0.39 is 5.54 Å². The largest absolute Gasteiger partial charge is 0.379 e. The monoisotopic (exact) mass is 266 g/mol. The first-order chi connectivity index (χ1) is 9.13. The first-order valence-corrected chi connectivity index (χ1v) is 6.89. The van der Waals surface area contributed by atoms with Crippen molar-refractivity contribution in [1.82, 2.24) is 19.7 Å². The Morgan fingerprint density at radius 3 is 2.68 bits per heavy atom. The highest BCUT2D eigenvalue weighted by atomic mass is 16.5. The lowest BCUT2D eigenvalue weighted by Gasteiger charge is -2.41. The summed E-state index contributed by atoms with van der Waals surface area (Å²) in [6.45, 7) is 9.60. The van der Waals surface area contributed by atoms with Gasteiger partial charge in [0.05, 0.1) is 18.8 Å². The first kappa shape index (κ1) is 14.1. The van der Waals surface area contributed by atoms with Crippen LogP contribution in [-0.4, -0.2) is 57.3 Å². The van der Waals surface area contributed by atoms with Crippen molar-refractivity contribution in [3.05, 3.63) is 12.2 Å². The van der Waals surface area contributed by atoms with Crippen molar-refractivity contribution in [3.8, 4) is 0 Å². The van der Waals surface area contributed by atoms with Gasteiger partial charge in [-0.15, -0.1) is 0 Å². The fraction of sp³-hybridized carbons (Fsp3) is 0.769. The van der Waals surface area contributed by atoms with Gasteiger partial charge in [-0.05, 0) is 20.3 Å². The van der Waals surface area contributed by atoms with E-state index in [1.807, 2.05) is 20.8 Å². The number of Topliss-reactive ketones (excluding diaryl/α,β-unsaturated/α-hetero) is 1. The number of carbonyl (C=O) groups excluding carboxylic acids is 1. The Kier molecular flexibility index (Phi) is 4.31. The molecule has 6 nitrogen and oxygen atoms in total.